The third-order valence-electron chi connectivity index (χ3n) is 3.62. The third-order valence-corrected chi connectivity index (χ3v) is 5.58. The Bertz CT molecular complexity index is 918. The first-order chi connectivity index (χ1) is 11.6. The number of carbonyl (C=O) groups excluding carboxylic acids is 1. The number of nitrogens with zero attached hydrogens (tertiary/aromatic N) is 2. The highest BCUT2D eigenvalue weighted by molar-refractivity contribution is 8.00. The fraction of sp³-hybridized carbons (Fsp3) is 0.235. The number of nitrogens with one attached hydrogen (secondary N) is 1. The van der Waals surface area contributed by atoms with Gasteiger partial charge in [0.2, 0.25) is 5.91 Å². The summed E-state index contributed by atoms with van der Waals surface area (Å²) in [6, 6.07) is 11.5. The van der Waals surface area contributed by atoms with Crippen LogP contribution in [0, 0.1) is 0 Å². The maximum absolute atomic E-state index is 12.3. The number of benzene rings is 1. The fourth-order valence-electron chi connectivity index (χ4n) is 2.23. The molecule has 1 atom stereocenters. The second kappa shape index (κ2) is 7.19. The quantitative estimate of drug-likeness (QED) is 0.562. The highest BCUT2D eigenvalue weighted by Gasteiger charge is 2.18. The van der Waals surface area contributed by atoms with Gasteiger partial charge < -0.3 is 5.32 Å². The SMILES string of the molecule is CC(Sc1nc2sccc2c(=O)n1C)C(=O)NCc1ccccc1. The van der Waals surface area contributed by atoms with Crippen LogP contribution in [0.15, 0.2) is 51.7 Å². The molecule has 0 aliphatic carbocycles. The van der Waals surface area contributed by atoms with E-state index in [0.717, 1.165) is 5.56 Å². The lowest BCUT2D eigenvalue weighted by molar-refractivity contribution is -0.120. The normalized spacial score (nSPS) is 12.2. The Hall–Kier alpha value is -2.12. The minimum Gasteiger partial charge on any atom is -0.351 e. The molecule has 1 aromatic carbocycles. The first-order valence-electron chi connectivity index (χ1n) is 7.49. The third kappa shape index (κ3) is 3.52. The molecule has 5 nitrogen and oxygen atoms in total. The molecule has 2 heterocycles. The number of fused-ring (bicyclic) bond motifs is 1. The molecule has 24 heavy (non-hydrogen) atoms. The molecule has 1 amide bonds. The zero-order chi connectivity index (χ0) is 17.1. The second-order valence-corrected chi connectivity index (χ2v) is 7.56. The molecule has 0 aliphatic rings. The predicted octanol–water partition coefficient (Wildman–Crippen LogP) is 2.79. The van der Waals surface area contributed by atoms with Gasteiger partial charge in [0.1, 0.15) is 4.83 Å². The van der Waals surface area contributed by atoms with Gasteiger partial charge in [-0.15, -0.1) is 11.3 Å². The van der Waals surface area contributed by atoms with E-state index in [4.69, 9.17) is 0 Å². The van der Waals surface area contributed by atoms with Crippen LogP contribution in [-0.2, 0) is 18.4 Å². The number of carbonyl (C=O) groups is 1. The molecule has 0 radical (unpaired) electrons. The number of hydrogen-bond acceptors (Lipinski definition) is 5. The van der Waals surface area contributed by atoms with Crippen molar-refractivity contribution in [3.63, 3.8) is 0 Å². The van der Waals surface area contributed by atoms with Crippen LogP contribution >= 0.6 is 23.1 Å². The maximum atomic E-state index is 12.3. The van der Waals surface area contributed by atoms with Crippen LogP contribution < -0.4 is 10.9 Å². The van der Waals surface area contributed by atoms with Gasteiger partial charge in [-0.2, -0.15) is 0 Å². The van der Waals surface area contributed by atoms with Gasteiger partial charge in [0.15, 0.2) is 5.16 Å². The minimum absolute atomic E-state index is 0.0793. The Labute approximate surface area is 147 Å². The molecule has 1 unspecified atom stereocenters. The van der Waals surface area contributed by atoms with Crippen molar-refractivity contribution in [2.45, 2.75) is 23.9 Å². The van der Waals surface area contributed by atoms with Crippen molar-refractivity contribution in [2.75, 3.05) is 0 Å². The van der Waals surface area contributed by atoms with Gasteiger partial charge in [-0.25, -0.2) is 4.98 Å². The van der Waals surface area contributed by atoms with Crippen molar-refractivity contribution in [3.05, 3.63) is 57.7 Å². The summed E-state index contributed by atoms with van der Waals surface area (Å²) in [5, 5.41) is 5.59. The van der Waals surface area contributed by atoms with Gasteiger partial charge in [0.05, 0.1) is 10.6 Å². The second-order valence-electron chi connectivity index (χ2n) is 5.36. The molecule has 2 aromatic heterocycles. The Balaban J connectivity index is 1.70. The molecule has 124 valence electrons. The van der Waals surface area contributed by atoms with Gasteiger partial charge in [-0.3, -0.25) is 14.2 Å². The summed E-state index contributed by atoms with van der Waals surface area (Å²) in [5.41, 5.74) is 0.967. The molecule has 1 N–H and O–H groups in total. The van der Waals surface area contributed by atoms with E-state index in [9.17, 15) is 9.59 Å². The van der Waals surface area contributed by atoms with Crippen molar-refractivity contribution >= 4 is 39.2 Å². The van der Waals surface area contributed by atoms with Gasteiger partial charge in [0.25, 0.3) is 5.56 Å². The van der Waals surface area contributed by atoms with Crippen molar-refractivity contribution < 1.29 is 4.79 Å². The highest BCUT2D eigenvalue weighted by Crippen LogP contribution is 2.23. The van der Waals surface area contributed by atoms with Crippen molar-refractivity contribution in [1.29, 1.82) is 0 Å². The molecule has 3 aromatic rings. The molecular formula is C17H17N3O2S2. The number of thioether (sulfide) groups is 1. The topological polar surface area (TPSA) is 64.0 Å². The van der Waals surface area contributed by atoms with Crippen LogP contribution in [-0.4, -0.2) is 20.7 Å². The molecule has 3 rings (SSSR count). The summed E-state index contributed by atoms with van der Waals surface area (Å²) < 4.78 is 1.50. The molecule has 0 spiro atoms. The van der Waals surface area contributed by atoms with E-state index in [2.05, 4.69) is 10.3 Å². The molecule has 0 aliphatic heterocycles. The van der Waals surface area contributed by atoms with E-state index in [1.807, 2.05) is 42.6 Å². The van der Waals surface area contributed by atoms with E-state index in [1.165, 1.54) is 27.7 Å². The Morgan fingerprint density at radius 2 is 2.08 bits per heavy atom. The monoisotopic (exact) mass is 359 g/mol. The summed E-state index contributed by atoms with van der Waals surface area (Å²) in [4.78, 5) is 29.8. The van der Waals surface area contributed by atoms with Gasteiger partial charge in [0, 0.05) is 13.6 Å². The molecule has 0 bridgehead atoms. The minimum atomic E-state index is -0.343. The molecule has 0 saturated carbocycles. The van der Waals surface area contributed by atoms with Crippen molar-refractivity contribution in [2.24, 2.45) is 7.05 Å². The molecular weight excluding hydrogens is 342 g/mol. The number of hydrogen-bond donors (Lipinski definition) is 1. The standard InChI is InChI=1S/C17H17N3O2S2/c1-11(14(21)18-10-12-6-4-3-5-7-12)24-17-19-15-13(8-9-23-15)16(22)20(17)2/h3-9,11H,10H2,1-2H3,(H,18,21). The lowest BCUT2D eigenvalue weighted by atomic mass is 10.2. The van der Waals surface area contributed by atoms with E-state index < -0.39 is 0 Å². The van der Waals surface area contributed by atoms with Crippen molar-refractivity contribution in [1.82, 2.24) is 14.9 Å². The van der Waals surface area contributed by atoms with E-state index in [-0.39, 0.29) is 16.7 Å². The van der Waals surface area contributed by atoms with Crippen LogP contribution in [0.1, 0.15) is 12.5 Å². The van der Waals surface area contributed by atoms with E-state index in [1.54, 1.807) is 13.1 Å². The molecule has 0 fully saturated rings. The first kappa shape index (κ1) is 16.7. The van der Waals surface area contributed by atoms with Crippen LogP contribution in [0.2, 0.25) is 0 Å². The maximum Gasteiger partial charge on any atom is 0.262 e. The average molecular weight is 359 g/mol. The predicted molar refractivity (Wildman–Crippen MR) is 98.5 cm³/mol. The summed E-state index contributed by atoms with van der Waals surface area (Å²) in [6.45, 7) is 2.30. The molecule has 7 heteroatoms. The van der Waals surface area contributed by atoms with Gasteiger partial charge >= 0.3 is 0 Å². The largest absolute Gasteiger partial charge is 0.351 e. The summed E-state index contributed by atoms with van der Waals surface area (Å²) >= 11 is 2.72. The Morgan fingerprint density at radius 1 is 1.33 bits per heavy atom. The number of rotatable bonds is 5. The lowest BCUT2D eigenvalue weighted by Gasteiger charge is -2.13. The zero-order valence-electron chi connectivity index (χ0n) is 13.4. The van der Waals surface area contributed by atoms with E-state index >= 15 is 0 Å². The first-order valence-corrected chi connectivity index (χ1v) is 9.24. The van der Waals surface area contributed by atoms with Crippen LogP contribution in [0.4, 0.5) is 0 Å². The average Bonchev–Trinajstić information content (AvgIpc) is 3.06. The number of aromatic nitrogens is 2. The van der Waals surface area contributed by atoms with Gasteiger partial charge in [-0.05, 0) is 23.9 Å². The highest BCUT2D eigenvalue weighted by atomic mass is 32.2. The Kier molecular flexibility index (Phi) is 5.01. The summed E-state index contributed by atoms with van der Waals surface area (Å²) in [5.74, 6) is -0.0793. The van der Waals surface area contributed by atoms with Crippen molar-refractivity contribution in [3.8, 4) is 0 Å². The number of thiophene rings is 1. The fourth-order valence-corrected chi connectivity index (χ4v) is 3.93. The number of amides is 1. The van der Waals surface area contributed by atoms with Gasteiger partial charge in [-0.1, -0.05) is 42.1 Å². The zero-order valence-corrected chi connectivity index (χ0v) is 15.0. The van der Waals surface area contributed by atoms with Crippen LogP contribution in [0.25, 0.3) is 10.2 Å². The van der Waals surface area contributed by atoms with E-state index in [0.29, 0.717) is 21.9 Å². The van der Waals surface area contributed by atoms with Crippen LogP contribution in [0.5, 0.6) is 0 Å². The lowest BCUT2D eigenvalue weighted by Crippen LogP contribution is -2.31. The summed E-state index contributed by atoms with van der Waals surface area (Å²) in [7, 11) is 1.68. The van der Waals surface area contributed by atoms with Crippen LogP contribution in [0.3, 0.4) is 0 Å². The smallest absolute Gasteiger partial charge is 0.262 e. The Morgan fingerprint density at radius 3 is 2.83 bits per heavy atom. The summed E-state index contributed by atoms with van der Waals surface area (Å²) in [6.07, 6.45) is 0. The molecule has 0 saturated heterocycles.